The molecule has 4 rings (SSSR count). The van der Waals surface area contributed by atoms with Gasteiger partial charge in [-0.05, 0) is 54.1 Å². The van der Waals surface area contributed by atoms with Crippen molar-refractivity contribution in [3.05, 3.63) is 82.6 Å². The maximum atomic E-state index is 12.6. The van der Waals surface area contributed by atoms with Gasteiger partial charge in [-0.15, -0.1) is 11.3 Å². The first-order chi connectivity index (χ1) is 14.8. The number of hydrogen-bond acceptors (Lipinski definition) is 4. The summed E-state index contributed by atoms with van der Waals surface area (Å²) in [6.07, 6.45) is 5.17. The summed E-state index contributed by atoms with van der Waals surface area (Å²) in [5.74, 6) is -0.0324. The van der Waals surface area contributed by atoms with Crippen LogP contribution in [0.15, 0.2) is 72.1 Å². The number of benzene rings is 2. The lowest BCUT2D eigenvalue weighted by atomic mass is 10.1. The van der Waals surface area contributed by atoms with Crippen molar-refractivity contribution in [2.24, 2.45) is 0 Å². The van der Waals surface area contributed by atoms with Crippen LogP contribution in [0.3, 0.4) is 0 Å². The van der Waals surface area contributed by atoms with Crippen LogP contribution in [0.5, 0.6) is 0 Å². The third-order valence-corrected chi connectivity index (χ3v) is 6.49. The van der Waals surface area contributed by atoms with E-state index >= 15 is 0 Å². The minimum atomic E-state index is -0.0324. The van der Waals surface area contributed by atoms with Crippen molar-refractivity contribution in [3.63, 3.8) is 0 Å². The molecule has 1 saturated heterocycles. The van der Waals surface area contributed by atoms with Crippen LogP contribution in [-0.2, 0) is 4.79 Å². The standard InChI is InChI=1S/C25H29N3OS/c29-24(19-26-25(23-11-8-18-30-23)20-9-4-3-5-10-20)27-21-12-14-22(15-13-21)28-16-6-1-2-7-17-28/h3-5,8-15,18,25-26H,1-2,6-7,16-17,19H2,(H,27,29)/t25-/m0/s1. The van der Waals surface area contributed by atoms with Gasteiger partial charge >= 0.3 is 0 Å². The highest BCUT2D eigenvalue weighted by molar-refractivity contribution is 7.10. The summed E-state index contributed by atoms with van der Waals surface area (Å²) in [4.78, 5) is 16.2. The van der Waals surface area contributed by atoms with Gasteiger partial charge in [-0.2, -0.15) is 0 Å². The molecule has 1 atom stereocenters. The second-order valence-corrected chi connectivity index (χ2v) is 8.72. The summed E-state index contributed by atoms with van der Waals surface area (Å²) in [5.41, 5.74) is 3.25. The fourth-order valence-electron chi connectivity index (χ4n) is 3.97. The van der Waals surface area contributed by atoms with Gasteiger partial charge in [0.05, 0.1) is 12.6 Å². The smallest absolute Gasteiger partial charge is 0.238 e. The number of rotatable bonds is 7. The van der Waals surface area contributed by atoms with Gasteiger partial charge in [-0.3, -0.25) is 10.1 Å². The zero-order valence-corrected chi connectivity index (χ0v) is 18.0. The molecule has 1 aliphatic heterocycles. The highest BCUT2D eigenvalue weighted by atomic mass is 32.1. The molecule has 1 aromatic heterocycles. The molecule has 1 aliphatic rings. The number of carbonyl (C=O) groups is 1. The highest BCUT2D eigenvalue weighted by Crippen LogP contribution is 2.26. The number of anilines is 2. The molecule has 0 spiro atoms. The van der Waals surface area contributed by atoms with Crippen LogP contribution in [-0.4, -0.2) is 25.5 Å². The Morgan fingerprint density at radius 1 is 0.900 bits per heavy atom. The SMILES string of the molecule is O=C(CN[C@@H](c1ccccc1)c1cccs1)Nc1ccc(N2CCCCCC2)cc1. The maximum absolute atomic E-state index is 12.6. The van der Waals surface area contributed by atoms with E-state index in [0.717, 1.165) is 24.3 Å². The van der Waals surface area contributed by atoms with E-state index in [1.165, 1.54) is 36.2 Å². The van der Waals surface area contributed by atoms with Gasteiger partial charge in [0, 0.05) is 29.3 Å². The molecule has 0 saturated carbocycles. The zero-order chi connectivity index (χ0) is 20.6. The van der Waals surface area contributed by atoms with Gasteiger partial charge in [0.15, 0.2) is 0 Å². The molecule has 2 aromatic carbocycles. The minimum Gasteiger partial charge on any atom is -0.372 e. The van der Waals surface area contributed by atoms with E-state index in [4.69, 9.17) is 0 Å². The number of nitrogens with one attached hydrogen (secondary N) is 2. The van der Waals surface area contributed by atoms with Crippen molar-refractivity contribution < 1.29 is 4.79 Å². The van der Waals surface area contributed by atoms with Gasteiger partial charge in [0.25, 0.3) is 0 Å². The van der Waals surface area contributed by atoms with Crippen LogP contribution in [0.25, 0.3) is 0 Å². The largest absolute Gasteiger partial charge is 0.372 e. The van der Waals surface area contributed by atoms with Gasteiger partial charge < -0.3 is 10.2 Å². The number of nitrogens with zero attached hydrogens (tertiary/aromatic N) is 1. The third-order valence-electron chi connectivity index (χ3n) is 5.55. The van der Waals surface area contributed by atoms with Crippen molar-refractivity contribution in [1.82, 2.24) is 5.32 Å². The number of carbonyl (C=O) groups excluding carboxylic acids is 1. The molecule has 1 fully saturated rings. The zero-order valence-electron chi connectivity index (χ0n) is 17.2. The average molecular weight is 420 g/mol. The molecule has 0 radical (unpaired) electrons. The molecule has 4 nitrogen and oxygen atoms in total. The molecular weight excluding hydrogens is 390 g/mol. The average Bonchev–Trinajstić information content (AvgIpc) is 3.17. The Bertz CT molecular complexity index is 901. The van der Waals surface area contributed by atoms with E-state index in [1.54, 1.807) is 11.3 Å². The summed E-state index contributed by atoms with van der Waals surface area (Å²) in [6, 6.07) is 22.7. The van der Waals surface area contributed by atoms with Crippen molar-refractivity contribution in [2.75, 3.05) is 29.9 Å². The Hall–Kier alpha value is -2.63. The lowest BCUT2D eigenvalue weighted by molar-refractivity contribution is -0.115. The molecule has 1 amide bonds. The van der Waals surface area contributed by atoms with E-state index in [2.05, 4.69) is 51.2 Å². The number of thiophene rings is 1. The molecule has 5 heteroatoms. The molecule has 3 aromatic rings. The topological polar surface area (TPSA) is 44.4 Å². The lowest BCUT2D eigenvalue weighted by Gasteiger charge is -2.23. The summed E-state index contributed by atoms with van der Waals surface area (Å²) < 4.78 is 0. The Morgan fingerprint density at radius 3 is 2.30 bits per heavy atom. The maximum Gasteiger partial charge on any atom is 0.238 e. The van der Waals surface area contributed by atoms with Crippen LogP contribution in [0.4, 0.5) is 11.4 Å². The summed E-state index contributed by atoms with van der Waals surface area (Å²) in [5, 5.41) is 8.51. The van der Waals surface area contributed by atoms with E-state index in [0.29, 0.717) is 0 Å². The first-order valence-corrected chi connectivity index (χ1v) is 11.6. The van der Waals surface area contributed by atoms with Crippen molar-refractivity contribution in [3.8, 4) is 0 Å². The molecule has 2 N–H and O–H groups in total. The third kappa shape index (κ3) is 5.49. The Labute approximate surface area is 182 Å². The fraction of sp³-hybridized carbons (Fsp3) is 0.320. The summed E-state index contributed by atoms with van der Waals surface area (Å²) in [7, 11) is 0. The number of amides is 1. The lowest BCUT2D eigenvalue weighted by Crippen LogP contribution is -2.31. The predicted molar refractivity (Wildman–Crippen MR) is 126 cm³/mol. The van der Waals surface area contributed by atoms with E-state index < -0.39 is 0 Å². The molecule has 156 valence electrons. The molecule has 0 unspecified atom stereocenters. The first-order valence-electron chi connectivity index (χ1n) is 10.8. The summed E-state index contributed by atoms with van der Waals surface area (Å²) >= 11 is 1.70. The summed E-state index contributed by atoms with van der Waals surface area (Å²) in [6.45, 7) is 2.50. The Balaban J connectivity index is 1.34. The van der Waals surface area contributed by atoms with Gasteiger partial charge in [0.2, 0.25) is 5.91 Å². The molecule has 0 bridgehead atoms. The van der Waals surface area contributed by atoms with E-state index in [9.17, 15) is 4.79 Å². The van der Waals surface area contributed by atoms with Crippen LogP contribution >= 0.6 is 11.3 Å². The van der Waals surface area contributed by atoms with Crippen molar-refractivity contribution in [1.29, 1.82) is 0 Å². The van der Waals surface area contributed by atoms with E-state index in [1.807, 2.05) is 36.4 Å². The fourth-order valence-corrected chi connectivity index (χ4v) is 4.80. The highest BCUT2D eigenvalue weighted by Gasteiger charge is 2.16. The van der Waals surface area contributed by atoms with Crippen LogP contribution in [0.1, 0.15) is 42.2 Å². The van der Waals surface area contributed by atoms with E-state index in [-0.39, 0.29) is 18.5 Å². The normalized spacial score (nSPS) is 15.4. The Morgan fingerprint density at radius 2 is 1.63 bits per heavy atom. The quantitative estimate of drug-likeness (QED) is 0.535. The Kier molecular flexibility index (Phi) is 7.16. The second kappa shape index (κ2) is 10.4. The predicted octanol–water partition coefficient (Wildman–Crippen LogP) is 5.45. The van der Waals surface area contributed by atoms with Crippen LogP contribution < -0.4 is 15.5 Å². The first kappa shape index (κ1) is 20.6. The van der Waals surface area contributed by atoms with Crippen molar-refractivity contribution >= 4 is 28.6 Å². The second-order valence-electron chi connectivity index (χ2n) is 7.74. The molecule has 30 heavy (non-hydrogen) atoms. The van der Waals surface area contributed by atoms with Crippen molar-refractivity contribution in [2.45, 2.75) is 31.7 Å². The van der Waals surface area contributed by atoms with Gasteiger partial charge in [-0.1, -0.05) is 49.2 Å². The van der Waals surface area contributed by atoms with Gasteiger partial charge in [-0.25, -0.2) is 0 Å². The minimum absolute atomic E-state index is 0.0161. The van der Waals surface area contributed by atoms with Gasteiger partial charge in [0.1, 0.15) is 0 Å². The monoisotopic (exact) mass is 419 g/mol. The molecule has 2 heterocycles. The molecular formula is C25H29N3OS. The van der Waals surface area contributed by atoms with Crippen LogP contribution in [0, 0.1) is 0 Å². The van der Waals surface area contributed by atoms with Crippen LogP contribution in [0.2, 0.25) is 0 Å². The number of hydrogen-bond donors (Lipinski definition) is 2. The molecule has 0 aliphatic carbocycles.